The molecule has 7 nitrogen and oxygen atoms in total. The molecule has 1 saturated heterocycles. The van der Waals surface area contributed by atoms with Gasteiger partial charge in [0.2, 0.25) is 0 Å². The van der Waals surface area contributed by atoms with Gasteiger partial charge in [-0.25, -0.2) is 14.5 Å². The summed E-state index contributed by atoms with van der Waals surface area (Å²) in [4.78, 5) is 37.3. The van der Waals surface area contributed by atoms with Gasteiger partial charge in [-0.1, -0.05) is 60.7 Å². The monoisotopic (exact) mass is 354 g/mol. The molecule has 2 aromatic carbocycles. The predicted octanol–water partition coefficient (Wildman–Crippen LogP) is 1.82. The number of imide groups is 1. The van der Waals surface area contributed by atoms with E-state index < -0.39 is 24.0 Å². The Bertz CT molecular complexity index is 714. The first-order chi connectivity index (χ1) is 12.6. The maximum absolute atomic E-state index is 12.3. The molecule has 0 aliphatic carbocycles. The standard InChI is InChI=1S/C19H18N2O5/c22-17-16(18(23)25-11-14-7-3-1-4-8-14)20-13-21(17)19(24)26-12-15-9-5-2-6-10-15/h1-10,16,20H,11-13H2. The first kappa shape index (κ1) is 17.6. The largest absolute Gasteiger partial charge is 0.459 e. The highest BCUT2D eigenvalue weighted by Gasteiger charge is 2.41. The molecule has 2 amide bonds. The first-order valence-corrected chi connectivity index (χ1v) is 8.11. The lowest BCUT2D eigenvalue weighted by Gasteiger charge is -2.13. The van der Waals surface area contributed by atoms with Crippen molar-refractivity contribution in [3.8, 4) is 0 Å². The summed E-state index contributed by atoms with van der Waals surface area (Å²) in [6, 6.07) is 17.0. The minimum Gasteiger partial charge on any atom is -0.459 e. The number of hydrogen-bond acceptors (Lipinski definition) is 6. The average Bonchev–Trinajstić information content (AvgIpc) is 3.07. The lowest BCUT2D eigenvalue weighted by molar-refractivity contribution is -0.150. The number of hydrogen-bond donors (Lipinski definition) is 1. The first-order valence-electron chi connectivity index (χ1n) is 8.11. The number of esters is 1. The second-order valence-corrected chi connectivity index (χ2v) is 5.70. The molecule has 7 heteroatoms. The van der Waals surface area contributed by atoms with Crippen LogP contribution in [0, 0.1) is 0 Å². The van der Waals surface area contributed by atoms with Crippen LogP contribution >= 0.6 is 0 Å². The van der Waals surface area contributed by atoms with Gasteiger partial charge in [-0.3, -0.25) is 10.1 Å². The molecule has 1 N–H and O–H groups in total. The minimum atomic E-state index is -1.21. The maximum atomic E-state index is 12.3. The van der Waals surface area contributed by atoms with Crippen LogP contribution in [-0.2, 0) is 32.3 Å². The number of ether oxygens (including phenoxy) is 2. The fourth-order valence-electron chi connectivity index (χ4n) is 2.45. The van der Waals surface area contributed by atoms with E-state index in [-0.39, 0.29) is 19.9 Å². The summed E-state index contributed by atoms with van der Waals surface area (Å²) in [5.41, 5.74) is 1.62. The van der Waals surface area contributed by atoms with Gasteiger partial charge >= 0.3 is 12.1 Å². The molecule has 134 valence electrons. The molecule has 1 unspecified atom stereocenters. The molecule has 2 aromatic rings. The van der Waals surface area contributed by atoms with Crippen molar-refractivity contribution in [1.82, 2.24) is 10.2 Å². The van der Waals surface area contributed by atoms with E-state index >= 15 is 0 Å². The third-order valence-corrected chi connectivity index (χ3v) is 3.85. The Morgan fingerprint density at radius 1 is 0.923 bits per heavy atom. The zero-order valence-electron chi connectivity index (χ0n) is 14.0. The van der Waals surface area contributed by atoms with Crippen molar-refractivity contribution in [2.24, 2.45) is 0 Å². The van der Waals surface area contributed by atoms with Crippen LogP contribution in [0.3, 0.4) is 0 Å². The van der Waals surface area contributed by atoms with Crippen LogP contribution in [-0.4, -0.2) is 35.6 Å². The Hall–Kier alpha value is -3.19. The van der Waals surface area contributed by atoms with Crippen molar-refractivity contribution in [3.05, 3.63) is 71.8 Å². The van der Waals surface area contributed by atoms with Crippen LogP contribution in [0.4, 0.5) is 4.79 Å². The lowest BCUT2D eigenvalue weighted by Crippen LogP contribution is -2.40. The second-order valence-electron chi connectivity index (χ2n) is 5.70. The predicted molar refractivity (Wildman–Crippen MR) is 91.5 cm³/mol. The second kappa shape index (κ2) is 8.26. The smallest absolute Gasteiger partial charge is 0.418 e. The molecule has 0 spiro atoms. The number of carbonyl (C=O) groups is 3. The number of nitrogens with zero attached hydrogens (tertiary/aromatic N) is 1. The summed E-state index contributed by atoms with van der Waals surface area (Å²) < 4.78 is 10.3. The zero-order valence-corrected chi connectivity index (χ0v) is 14.0. The molecule has 1 aliphatic rings. The molecule has 1 heterocycles. The molecule has 1 fully saturated rings. The Morgan fingerprint density at radius 3 is 2.04 bits per heavy atom. The van der Waals surface area contributed by atoms with Crippen LogP contribution in [0.2, 0.25) is 0 Å². The third kappa shape index (κ3) is 4.25. The van der Waals surface area contributed by atoms with E-state index in [2.05, 4.69) is 5.32 Å². The molecule has 0 aromatic heterocycles. The normalized spacial score (nSPS) is 16.4. The van der Waals surface area contributed by atoms with Crippen LogP contribution in [0.5, 0.6) is 0 Å². The fraction of sp³-hybridized carbons (Fsp3) is 0.211. The molecule has 0 saturated carbocycles. The molecule has 3 rings (SSSR count). The van der Waals surface area contributed by atoms with Crippen molar-refractivity contribution < 1.29 is 23.9 Å². The fourth-order valence-corrected chi connectivity index (χ4v) is 2.45. The van der Waals surface area contributed by atoms with E-state index in [1.54, 1.807) is 12.1 Å². The molecule has 0 radical (unpaired) electrons. The SMILES string of the molecule is O=C(OCc1ccccc1)C1NCN(C(=O)OCc2ccccc2)C1=O. The molecule has 26 heavy (non-hydrogen) atoms. The Kier molecular flexibility index (Phi) is 5.60. The summed E-state index contributed by atoms with van der Waals surface area (Å²) in [6.45, 7) is 0.00766. The van der Waals surface area contributed by atoms with E-state index in [0.29, 0.717) is 0 Å². The van der Waals surface area contributed by atoms with E-state index in [1.165, 1.54) is 0 Å². The Morgan fingerprint density at radius 2 is 1.46 bits per heavy atom. The van der Waals surface area contributed by atoms with Gasteiger partial charge in [0.05, 0.1) is 6.67 Å². The van der Waals surface area contributed by atoms with Gasteiger partial charge in [-0.2, -0.15) is 0 Å². The number of carbonyl (C=O) groups excluding carboxylic acids is 3. The Balaban J connectivity index is 1.50. The zero-order chi connectivity index (χ0) is 18.4. The topological polar surface area (TPSA) is 84.9 Å². The van der Waals surface area contributed by atoms with Gasteiger partial charge in [0.15, 0.2) is 6.04 Å². The van der Waals surface area contributed by atoms with Gasteiger partial charge in [-0.05, 0) is 11.1 Å². The molecule has 0 bridgehead atoms. The van der Waals surface area contributed by atoms with Crippen LogP contribution in [0.15, 0.2) is 60.7 Å². The average molecular weight is 354 g/mol. The van der Waals surface area contributed by atoms with Crippen molar-refractivity contribution in [2.75, 3.05) is 6.67 Å². The highest BCUT2D eigenvalue weighted by molar-refractivity contribution is 6.08. The van der Waals surface area contributed by atoms with Gasteiger partial charge in [-0.15, -0.1) is 0 Å². The van der Waals surface area contributed by atoms with Gasteiger partial charge in [0.25, 0.3) is 5.91 Å². The van der Waals surface area contributed by atoms with Gasteiger partial charge < -0.3 is 9.47 Å². The summed E-state index contributed by atoms with van der Waals surface area (Å²) in [6.07, 6.45) is -0.801. The van der Waals surface area contributed by atoms with E-state index in [0.717, 1.165) is 16.0 Å². The molecular weight excluding hydrogens is 336 g/mol. The van der Waals surface area contributed by atoms with E-state index in [9.17, 15) is 14.4 Å². The summed E-state index contributed by atoms with van der Waals surface area (Å²) in [5, 5.41) is 2.67. The van der Waals surface area contributed by atoms with Crippen molar-refractivity contribution in [3.63, 3.8) is 0 Å². The van der Waals surface area contributed by atoms with Gasteiger partial charge in [0.1, 0.15) is 13.2 Å². The minimum absolute atomic E-state index is 0.0482. The lowest BCUT2D eigenvalue weighted by atomic mass is 10.2. The third-order valence-electron chi connectivity index (χ3n) is 3.85. The van der Waals surface area contributed by atoms with Crippen molar-refractivity contribution >= 4 is 18.0 Å². The van der Waals surface area contributed by atoms with Crippen molar-refractivity contribution in [2.45, 2.75) is 19.3 Å². The number of amides is 2. The van der Waals surface area contributed by atoms with Crippen LogP contribution in [0.25, 0.3) is 0 Å². The summed E-state index contributed by atoms with van der Waals surface area (Å²) in [5.74, 6) is -1.40. The highest BCUT2D eigenvalue weighted by Crippen LogP contribution is 2.11. The Labute approximate surface area is 150 Å². The highest BCUT2D eigenvalue weighted by atomic mass is 16.6. The maximum Gasteiger partial charge on any atom is 0.418 e. The van der Waals surface area contributed by atoms with Gasteiger partial charge in [0, 0.05) is 0 Å². The van der Waals surface area contributed by atoms with E-state index in [4.69, 9.17) is 9.47 Å². The number of rotatable bonds is 5. The molecular formula is C19H18N2O5. The summed E-state index contributed by atoms with van der Waals surface area (Å²) in [7, 11) is 0. The number of nitrogens with one attached hydrogen (secondary N) is 1. The molecule has 1 atom stereocenters. The van der Waals surface area contributed by atoms with Crippen LogP contribution in [0.1, 0.15) is 11.1 Å². The number of benzene rings is 2. The van der Waals surface area contributed by atoms with Crippen LogP contribution < -0.4 is 5.32 Å². The van der Waals surface area contributed by atoms with Crippen molar-refractivity contribution in [1.29, 1.82) is 0 Å². The van der Waals surface area contributed by atoms with E-state index in [1.807, 2.05) is 48.5 Å². The molecule has 1 aliphatic heterocycles. The quantitative estimate of drug-likeness (QED) is 0.651. The summed E-state index contributed by atoms with van der Waals surface area (Å²) >= 11 is 0.